The average Bonchev–Trinajstić information content (AvgIpc) is 3.31. The summed E-state index contributed by atoms with van der Waals surface area (Å²) in [5.41, 5.74) is -0.636. The molecule has 16 heteroatoms. The van der Waals surface area contributed by atoms with Gasteiger partial charge < -0.3 is 10.6 Å². The second-order valence-electron chi connectivity index (χ2n) is 7.23. The van der Waals surface area contributed by atoms with Crippen molar-refractivity contribution in [2.75, 3.05) is 15.4 Å². The fourth-order valence-corrected chi connectivity index (χ4v) is 4.18. The molecule has 0 atom stereocenters. The quantitative estimate of drug-likeness (QED) is 0.136. The van der Waals surface area contributed by atoms with E-state index in [4.69, 9.17) is 12.2 Å². The molecule has 9 nitrogen and oxygen atoms in total. The Morgan fingerprint density at radius 2 is 1.46 bits per heavy atom. The molecule has 0 fully saturated rings. The number of sulfonamides is 1. The maximum atomic E-state index is 13.9. The van der Waals surface area contributed by atoms with Crippen LogP contribution in [0.5, 0.6) is 0 Å². The molecule has 0 bridgehead atoms. The number of rotatable bonds is 7. The van der Waals surface area contributed by atoms with Crippen molar-refractivity contribution < 1.29 is 30.4 Å². The van der Waals surface area contributed by atoms with Crippen LogP contribution in [0.4, 0.5) is 39.4 Å². The number of hydrogen-bond acceptors (Lipinski definition) is 6. The molecule has 0 aliphatic rings. The largest absolute Gasteiger partial charge is 0.332 e. The third kappa shape index (κ3) is 5.80. The first-order chi connectivity index (χ1) is 17.5. The maximum Gasteiger partial charge on any atom is 0.264 e. The average molecular weight is 556 g/mol. The van der Waals surface area contributed by atoms with Gasteiger partial charge in [-0.2, -0.15) is 5.10 Å². The number of thiocarbonyl (C=S) groups is 1. The van der Waals surface area contributed by atoms with Gasteiger partial charge >= 0.3 is 0 Å². The molecule has 37 heavy (non-hydrogen) atoms. The summed E-state index contributed by atoms with van der Waals surface area (Å²) in [5.74, 6) is -10.2. The second-order valence-corrected chi connectivity index (χ2v) is 9.32. The summed E-state index contributed by atoms with van der Waals surface area (Å²) < 4.78 is 95.9. The molecule has 2 aromatic heterocycles. The monoisotopic (exact) mass is 555 g/mol. The van der Waals surface area contributed by atoms with Crippen molar-refractivity contribution in [3.05, 3.63) is 89.6 Å². The van der Waals surface area contributed by atoms with Crippen LogP contribution >= 0.6 is 12.2 Å². The van der Waals surface area contributed by atoms with E-state index < -0.39 is 51.2 Å². The highest BCUT2D eigenvalue weighted by Gasteiger charge is 2.26. The normalized spacial score (nSPS) is 11.3. The van der Waals surface area contributed by atoms with Crippen molar-refractivity contribution in [1.82, 2.24) is 19.7 Å². The Morgan fingerprint density at radius 1 is 0.865 bits per heavy atom. The van der Waals surface area contributed by atoms with E-state index in [2.05, 4.69) is 30.4 Å². The maximum absolute atomic E-state index is 13.9. The van der Waals surface area contributed by atoms with E-state index in [9.17, 15) is 30.4 Å². The third-order valence-corrected chi connectivity index (χ3v) is 6.27. The number of hydrogen-bond donors (Lipinski definition) is 3. The zero-order valence-corrected chi connectivity index (χ0v) is 19.8. The molecule has 0 radical (unpaired) electrons. The van der Waals surface area contributed by atoms with E-state index in [1.165, 1.54) is 55.0 Å². The standard InChI is InChI=1S/C21H14F5N7O2S2/c22-15-13(16(23)18(25)19(26)17(15)24)10-33-9-6-14(31-33)30-21(36)29-11-2-4-12(5-3-11)37(34,35)32-20-27-7-1-8-28-20/h1-9H,10H2,(H,27,28,32)(H2,29,30,31,36). The van der Waals surface area contributed by atoms with E-state index in [1.54, 1.807) is 0 Å². The molecule has 0 aliphatic carbocycles. The number of anilines is 3. The first-order valence-corrected chi connectivity index (χ1v) is 12.0. The topological polar surface area (TPSA) is 114 Å². The summed E-state index contributed by atoms with van der Waals surface area (Å²) in [6.07, 6.45) is 4.01. The second kappa shape index (κ2) is 10.4. The lowest BCUT2D eigenvalue weighted by Crippen LogP contribution is -2.20. The van der Waals surface area contributed by atoms with Crippen molar-refractivity contribution in [3.63, 3.8) is 0 Å². The van der Waals surface area contributed by atoms with Crippen LogP contribution in [0.3, 0.4) is 0 Å². The molecule has 3 N–H and O–H groups in total. The van der Waals surface area contributed by atoms with Gasteiger partial charge in [-0.05, 0) is 42.5 Å². The van der Waals surface area contributed by atoms with Gasteiger partial charge in [-0.1, -0.05) is 0 Å². The van der Waals surface area contributed by atoms with Crippen LogP contribution in [-0.2, 0) is 16.6 Å². The zero-order valence-electron chi connectivity index (χ0n) is 18.2. The molecule has 0 saturated carbocycles. The highest BCUT2D eigenvalue weighted by atomic mass is 32.2. The Bertz CT molecular complexity index is 1540. The number of aromatic nitrogens is 4. The number of nitrogens with zero attached hydrogens (tertiary/aromatic N) is 4. The molecule has 0 saturated heterocycles. The molecule has 192 valence electrons. The molecular formula is C21H14F5N7O2S2. The van der Waals surface area contributed by atoms with Crippen LogP contribution in [0.25, 0.3) is 0 Å². The highest BCUT2D eigenvalue weighted by molar-refractivity contribution is 7.92. The highest BCUT2D eigenvalue weighted by Crippen LogP contribution is 2.24. The molecule has 0 unspecified atom stereocenters. The van der Waals surface area contributed by atoms with Gasteiger partial charge in [-0.3, -0.25) is 4.68 Å². The minimum atomic E-state index is -3.93. The zero-order chi connectivity index (χ0) is 26.7. The molecule has 4 aromatic rings. The van der Waals surface area contributed by atoms with E-state index >= 15 is 0 Å². The Hall–Kier alpha value is -4.18. The lowest BCUT2D eigenvalue weighted by Gasteiger charge is -2.10. The van der Waals surface area contributed by atoms with Crippen molar-refractivity contribution in [3.8, 4) is 0 Å². The summed E-state index contributed by atoms with van der Waals surface area (Å²) in [5, 5.41) is 9.43. The minimum absolute atomic E-state index is 0.0212. The van der Waals surface area contributed by atoms with Crippen molar-refractivity contribution in [1.29, 1.82) is 0 Å². The van der Waals surface area contributed by atoms with Gasteiger partial charge in [0.2, 0.25) is 11.8 Å². The summed E-state index contributed by atoms with van der Waals surface area (Å²) in [6, 6.07) is 8.40. The first-order valence-electron chi connectivity index (χ1n) is 10.1. The van der Waals surface area contributed by atoms with Crippen molar-refractivity contribution in [2.24, 2.45) is 0 Å². The predicted octanol–water partition coefficient (Wildman–Crippen LogP) is 4.03. The van der Waals surface area contributed by atoms with Crippen LogP contribution in [0, 0.1) is 29.1 Å². The lowest BCUT2D eigenvalue weighted by atomic mass is 10.1. The lowest BCUT2D eigenvalue weighted by molar-refractivity contribution is 0.367. The number of nitrogens with one attached hydrogen (secondary N) is 3. The van der Waals surface area contributed by atoms with Crippen LogP contribution in [0.2, 0.25) is 0 Å². The predicted molar refractivity (Wildman–Crippen MR) is 127 cm³/mol. The van der Waals surface area contributed by atoms with Gasteiger partial charge in [0.05, 0.1) is 17.0 Å². The van der Waals surface area contributed by atoms with Crippen molar-refractivity contribution in [2.45, 2.75) is 11.4 Å². The van der Waals surface area contributed by atoms with Crippen molar-refractivity contribution >= 4 is 44.8 Å². The van der Waals surface area contributed by atoms with Crippen LogP contribution < -0.4 is 15.4 Å². The van der Waals surface area contributed by atoms with Gasteiger partial charge in [0.1, 0.15) is 0 Å². The van der Waals surface area contributed by atoms with Crippen LogP contribution in [0.15, 0.2) is 59.9 Å². The van der Waals surface area contributed by atoms with E-state index in [-0.39, 0.29) is 21.8 Å². The molecule has 4 rings (SSSR count). The van der Waals surface area contributed by atoms with E-state index in [1.807, 2.05) is 0 Å². The Morgan fingerprint density at radius 3 is 2.08 bits per heavy atom. The first kappa shape index (κ1) is 25.9. The smallest absolute Gasteiger partial charge is 0.264 e. The summed E-state index contributed by atoms with van der Waals surface area (Å²) >= 11 is 5.16. The third-order valence-electron chi connectivity index (χ3n) is 4.72. The summed E-state index contributed by atoms with van der Waals surface area (Å²) in [4.78, 5) is 7.54. The van der Waals surface area contributed by atoms with Gasteiger partial charge in [0, 0.05) is 30.3 Å². The summed E-state index contributed by atoms with van der Waals surface area (Å²) in [7, 11) is -3.93. The molecule has 0 amide bonds. The van der Waals surface area contributed by atoms with E-state index in [0.29, 0.717) is 5.69 Å². The molecular weight excluding hydrogens is 541 g/mol. The Labute approximate surface area is 211 Å². The fraction of sp³-hybridized carbons (Fsp3) is 0.0476. The molecule has 2 aromatic carbocycles. The number of benzene rings is 2. The number of halogens is 5. The SMILES string of the molecule is O=S(=O)(Nc1ncccn1)c1ccc(NC(=S)Nc2ccn(Cc3c(F)c(F)c(F)c(F)c3F)n2)cc1. The summed E-state index contributed by atoms with van der Waals surface area (Å²) in [6.45, 7) is -0.731. The van der Waals surface area contributed by atoms with Gasteiger partial charge in [-0.15, -0.1) is 0 Å². The molecule has 2 heterocycles. The van der Waals surface area contributed by atoms with Gasteiger partial charge in [0.25, 0.3) is 10.0 Å². The fourth-order valence-electron chi connectivity index (χ4n) is 2.99. The minimum Gasteiger partial charge on any atom is -0.332 e. The van der Waals surface area contributed by atoms with E-state index in [0.717, 1.165) is 4.68 Å². The van der Waals surface area contributed by atoms with Gasteiger partial charge in [-0.25, -0.2) is 45.1 Å². The van der Waals surface area contributed by atoms with Crippen LogP contribution in [0.1, 0.15) is 5.56 Å². The van der Waals surface area contributed by atoms with Gasteiger partial charge in [0.15, 0.2) is 34.2 Å². The molecule has 0 aliphatic heterocycles. The molecule has 0 spiro atoms. The Kier molecular flexibility index (Phi) is 7.30. The van der Waals surface area contributed by atoms with Crippen LogP contribution in [-0.4, -0.2) is 33.3 Å². The Balaban J connectivity index is 1.38.